The summed E-state index contributed by atoms with van der Waals surface area (Å²) in [7, 11) is 0. The van der Waals surface area contributed by atoms with Crippen LogP contribution >= 0.6 is 0 Å². The average molecular weight is 359 g/mol. The number of pyridine rings is 1. The van der Waals surface area contributed by atoms with Crippen LogP contribution in [0.25, 0.3) is 22.3 Å². The number of aromatic nitrogens is 4. The molecular formula is C21H21N5O. The number of hydrogen-bond donors (Lipinski definition) is 3. The lowest BCUT2D eigenvalue weighted by Crippen LogP contribution is -2.12. The highest BCUT2D eigenvalue weighted by Crippen LogP contribution is 2.25. The number of H-pyrrole nitrogens is 2. The Morgan fingerprint density at radius 2 is 1.96 bits per heavy atom. The maximum Gasteiger partial charge on any atom is 0.276 e. The van der Waals surface area contributed by atoms with Crippen LogP contribution in [0, 0.1) is 6.92 Å². The molecule has 3 N–H and O–H groups in total. The molecule has 0 aliphatic carbocycles. The van der Waals surface area contributed by atoms with Gasteiger partial charge in [0.2, 0.25) is 0 Å². The van der Waals surface area contributed by atoms with Crippen molar-refractivity contribution in [2.24, 2.45) is 0 Å². The molecule has 1 aromatic carbocycles. The summed E-state index contributed by atoms with van der Waals surface area (Å²) in [4.78, 5) is 20.1. The van der Waals surface area contributed by atoms with E-state index in [1.807, 2.05) is 12.1 Å². The van der Waals surface area contributed by atoms with Crippen molar-refractivity contribution in [3.63, 3.8) is 0 Å². The third kappa shape index (κ3) is 3.60. The van der Waals surface area contributed by atoms with Crippen molar-refractivity contribution in [3.8, 4) is 11.3 Å². The number of amides is 1. The van der Waals surface area contributed by atoms with E-state index >= 15 is 0 Å². The number of aryl methyl sites for hydroxylation is 2. The Balaban J connectivity index is 1.55. The first-order chi connectivity index (χ1) is 13.1. The van der Waals surface area contributed by atoms with Gasteiger partial charge in [-0.1, -0.05) is 43.2 Å². The summed E-state index contributed by atoms with van der Waals surface area (Å²) in [6.07, 6.45) is 3.52. The lowest BCUT2D eigenvalue weighted by Gasteiger charge is -2.02. The highest BCUT2D eigenvalue weighted by molar-refractivity contribution is 6.03. The molecule has 0 unspecified atom stereocenters. The third-order valence-electron chi connectivity index (χ3n) is 4.47. The van der Waals surface area contributed by atoms with Crippen LogP contribution in [0.15, 0.2) is 48.7 Å². The summed E-state index contributed by atoms with van der Waals surface area (Å²) in [6.45, 7) is 4.15. The van der Waals surface area contributed by atoms with Gasteiger partial charge in [0.1, 0.15) is 5.65 Å². The molecule has 4 aromatic rings. The van der Waals surface area contributed by atoms with Crippen LogP contribution in [-0.2, 0) is 6.42 Å². The first-order valence-electron chi connectivity index (χ1n) is 9.04. The van der Waals surface area contributed by atoms with E-state index < -0.39 is 0 Å². The van der Waals surface area contributed by atoms with Crippen molar-refractivity contribution < 1.29 is 4.79 Å². The quantitative estimate of drug-likeness (QED) is 0.491. The van der Waals surface area contributed by atoms with Gasteiger partial charge < -0.3 is 10.3 Å². The molecule has 0 fully saturated rings. The lowest BCUT2D eigenvalue weighted by molar-refractivity contribution is 0.102. The molecule has 6 nitrogen and oxygen atoms in total. The van der Waals surface area contributed by atoms with Crippen LogP contribution in [0.2, 0.25) is 0 Å². The second kappa shape index (κ2) is 7.07. The highest BCUT2D eigenvalue weighted by Gasteiger charge is 2.12. The molecule has 4 rings (SSSR count). The molecule has 1 amide bonds. The fraction of sp³-hybridized carbons (Fsp3) is 0.190. The van der Waals surface area contributed by atoms with Crippen molar-refractivity contribution in [2.75, 3.05) is 5.32 Å². The molecule has 0 aliphatic rings. The third-order valence-corrected chi connectivity index (χ3v) is 4.47. The van der Waals surface area contributed by atoms with Crippen LogP contribution in [-0.4, -0.2) is 26.1 Å². The lowest BCUT2D eigenvalue weighted by atomic mass is 10.1. The Kier molecular flexibility index (Phi) is 4.46. The number of carbonyl (C=O) groups excluding carboxylic acids is 1. The minimum atomic E-state index is -0.246. The molecular weight excluding hydrogens is 338 g/mol. The monoisotopic (exact) mass is 359 g/mol. The summed E-state index contributed by atoms with van der Waals surface area (Å²) in [5.41, 5.74) is 6.09. The zero-order valence-corrected chi connectivity index (χ0v) is 15.3. The number of hydrogen-bond acceptors (Lipinski definition) is 3. The zero-order chi connectivity index (χ0) is 18.8. The zero-order valence-electron chi connectivity index (χ0n) is 15.3. The fourth-order valence-electron chi connectivity index (χ4n) is 3.04. The predicted octanol–water partition coefficient (Wildman–Crippen LogP) is 4.47. The molecule has 0 atom stereocenters. The Morgan fingerprint density at radius 3 is 2.74 bits per heavy atom. The predicted molar refractivity (Wildman–Crippen MR) is 107 cm³/mol. The van der Waals surface area contributed by atoms with Gasteiger partial charge >= 0.3 is 0 Å². The van der Waals surface area contributed by atoms with Gasteiger partial charge in [0.05, 0.1) is 11.9 Å². The molecule has 0 spiro atoms. The van der Waals surface area contributed by atoms with Crippen molar-refractivity contribution in [1.82, 2.24) is 20.2 Å². The number of nitrogens with one attached hydrogen (secondary N) is 3. The van der Waals surface area contributed by atoms with Crippen molar-refractivity contribution in [3.05, 3.63) is 65.6 Å². The highest BCUT2D eigenvalue weighted by atomic mass is 16.1. The molecule has 27 heavy (non-hydrogen) atoms. The van der Waals surface area contributed by atoms with Crippen molar-refractivity contribution in [1.29, 1.82) is 0 Å². The van der Waals surface area contributed by atoms with E-state index in [0.717, 1.165) is 40.8 Å². The van der Waals surface area contributed by atoms with Crippen molar-refractivity contribution >= 4 is 22.6 Å². The van der Waals surface area contributed by atoms with Gasteiger partial charge in [-0.2, -0.15) is 5.10 Å². The summed E-state index contributed by atoms with van der Waals surface area (Å²) < 4.78 is 0. The standard InChI is InChI=1S/C21H21N5O/c1-3-4-16-11-19(26-25-16)21(27)23-17-9-15-10-18(24-20(15)22-12-17)14-7-5-13(2)6-8-14/h5-12H,3-4H2,1-2H3,(H,22,24)(H,23,27)(H,25,26). The van der Waals surface area contributed by atoms with Gasteiger partial charge in [-0.05, 0) is 37.1 Å². The Labute approximate surface area is 157 Å². The molecule has 0 bridgehead atoms. The van der Waals surface area contributed by atoms with Gasteiger partial charge in [0.15, 0.2) is 5.69 Å². The van der Waals surface area contributed by atoms with Crippen LogP contribution < -0.4 is 5.32 Å². The van der Waals surface area contributed by atoms with Crippen LogP contribution in [0.5, 0.6) is 0 Å². The summed E-state index contributed by atoms with van der Waals surface area (Å²) in [5.74, 6) is -0.246. The maximum atomic E-state index is 12.4. The molecule has 0 aliphatic heterocycles. The van der Waals surface area contributed by atoms with E-state index in [9.17, 15) is 4.79 Å². The fourth-order valence-corrected chi connectivity index (χ4v) is 3.04. The number of aromatic amines is 2. The topological polar surface area (TPSA) is 86.5 Å². The molecule has 136 valence electrons. The SMILES string of the molecule is CCCc1cc(C(=O)Nc2cnc3[nH]c(-c4ccc(C)cc4)cc3c2)n[nH]1. The second-order valence-corrected chi connectivity index (χ2v) is 6.69. The largest absolute Gasteiger partial charge is 0.339 e. The molecule has 3 heterocycles. The van der Waals surface area contributed by atoms with Gasteiger partial charge in [-0.25, -0.2) is 4.98 Å². The smallest absolute Gasteiger partial charge is 0.276 e. The molecule has 6 heteroatoms. The number of nitrogens with zero attached hydrogens (tertiary/aromatic N) is 2. The molecule has 3 aromatic heterocycles. The number of carbonyl (C=O) groups is 1. The summed E-state index contributed by atoms with van der Waals surface area (Å²) in [5, 5.41) is 10.8. The van der Waals surface area contributed by atoms with Crippen molar-refractivity contribution in [2.45, 2.75) is 26.7 Å². The summed E-state index contributed by atoms with van der Waals surface area (Å²) in [6, 6.07) is 14.1. The van der Waals surface area contributed by atoms with Gasteiger partial charge in [-0.3, -0.25) is 9.89 Å². The first kappa shape index (κ1) is 17.0. The first-order valence-corrected chi connectivity index (χ1v) is 9.04. The Bertz CT molecular complexity index is 1090. The van der Waals surface area contributed by atoms with E-state index in [4.69, 9.17) is 0 Å². The Morgan fingerprint density at radius 1 is 1.15 bits per heavy atom. The number of anilines is 1. The van der Waals surface area contributed by atoms with E-state index in [1.54, 1.807) is 12.3 Å². The van der Waals surface area contributed by atoms with Crippen LogP contribution in [0.3, 0.4) is 0 Å². The van der Waals surface area contributed by atoms with Gasteiger partial charge in [0, 0.05) is 16.8 Å². The van der Waals surface area contributed by atoms with E-state index in [1.165, 1.54) is 5.56 Å². The van der Waals surface area contributed by atoms with Gasteiger partial charge in [-0.15, -0.1) is 0 Å². The number of rotatable bonds is 5. The number of fused-ring (bicyclic) bond motifs is 1. The van der Waals surface area contributed by atoms with E-state index in [0.29, 0.717) is 11.4 Å². The normalized spacial score (nSPS) is 11.0. The van der Waals surface area contributed by atoms with Crippen LogP contribution in [0.1, 0.15) is 35.1 Å². The average Bonchev–Trinajstić information content (AvgIpc) is 3.29. The minimum absolute atomic E-state index is 0.246. The van der Waals surface area contributed by atoms with Gasteiger partial charge in [0.25, 0.3) is 5.91 Å². The molecule has 0 saturated heterocycles. The minimum Gasteiger partial charge on any atom is -0.339 e. The Hall–Kier alpha value is -3.41. The van der Waals surface area contributed by atoms with Crippen LogP contribution in [0.4, 0.5) is 5.69 Å². The van der Waals surface area contributed by atoms with E-state index in [-0.39, 0.29) is 5.91 Å². The summed E-state index contributed by atoms with van der Waals surface area (Å²) >= 11 is 0. The van der Waals surface area contributed by atoms with E-state index in [2.05, 4.69) is 63.6 Å². The molecule has 0 saturated carbocycles. The molecule has 0 radical (unpaired) electrons. The maximum absolute atomic E-state index is 12.4. The number of benzene rings is 1. The second-order valence-electron chi connectivity index (χ2n) is 6.69.